The summed E-state index contributed by atoms with van der Waals surface area (Å²) in [5, 5.41) is 10.0. The van der Waals surface area contributed by atoms with Gasteiger partial charge in [-0.1, -0.05) is 59.7 Å². The Bertz CT molecular complexity index is 1220. The fourth-order valence-corrected chi connectivity index (χ4v) is 3.02. The molecule has 0 radical (unpaired) electrons. The standard InChI is InChI=1S/C13H14N2O.C11H11N.C2H3NO/c1-9-3-4-11-8-12(15-13(16)14-2)6-5-10(11)7-9;1-8-2-3-10-7-11(12)5-4-9(10)6-8;1-3-2-4/h3-8H,1-2H3,(H2,14,15,16);2-7H,12H2,1H3;1H3. The maximum Gasteiger partial charge on any atom is 0.318 e. The Hall–Kier alpha value is -4.15. The summed E-state index contributed by atoms with van der Waals surface area (Å²) in [5.74, 6) is 0. The molecule has 4 N–H and O–H groups in total. The summed E-state index contributed by atoms with van der Waals surface area (Å²) in [6.45, 7) is 4.16. The molecule has 0 heterocycles. The second kappa shape index (κ2) is 11.9. The molecule has 0 aliphatic rings. The van der Waals surface area contributed by atoms with Gasteiger partial charge in [0.2, 0.25) is 6.08 Å². The van der Waals surface area contributed by atoms with Crippen LogP contribution in [0.2, 0.25) is 0 Å². The predicted molar refractivity (Wildman–Crippen MR) is 134 cm³/mol. The van der Waals surface area contributed by atoms with Crippen LogP contribution in [-0.4, -0.2) is 26.2 Å². The molecule has 4 aromatic rings. The molecule has 0 aliphatic heterocycles. The maximum atomic E-state index is 11.1. The van der Waals surface area contributed by atoms with Crippen molar-refractivity contribution in [1.82, 2.24) is 5.32 Å². The van der Waals surface area contributed by atoms with Gasteiger partial charge in [0.15, 0.2) is 0 Å². The number of nitrogens with two attached hydrogens (primary N) is 1. The van der Waals surface area contributed by atoms with E-state index in [0.717, 1.165) is 16.8 Å². The second-order valence-electron chi connectivity index (χ2n) is 7.19. The number of urea groups is 1. The molecular formula is C26H28N4O2. The number of isocyanates is 1. The number of nitrogens with one attached hydrogen (secondary N) is 2. The average Bonchev–Trinajstić information content (AvgIpc) is 2.80. The van der Waals surface area contributed by atoms with Gasteiger partial charge in [-0.05, 0) is 59.7 Å². The Morgan fingerprint density at radius 1 is 0.812 bits per heavy atom. The third-order valence-corrected chi connectivity index (χ3v) is 4.59. The van der Waals surface area contributed by atoms with E-state index in [1.165, 1.54) is 40.4 Å². The Balaban J connectivity index is 0.000000200. The Morgan fingerprint density at radius 3 is 1.81 bits per heavy atom. The topological polar surface area (TPSA) is 96.6 Å². The smallest absolute Gasteiger partial charge is 0.318 e. The Kier molecular flexibility index (Phi) is 8.96. The van der Waals surface area contributed by atoms with Crippen LogP contribution >= 0.6 is 0 Å². The first kappa shape index (κ1) is 24.1. The van der Waals surface area contributed by atoms with Crippen LogP contribution in [-0.2, 0) is 4.79 Å². The monoisotopic (exact) mass is 428 g/mol. The lowest BCUT2D eigenvalue weighted by atomic mass is 10.1. The van der Waals surface area contributed by atoms with E-state index in [2.05, 4.69) is 71.9 Å². The van der Waals surface area contributed by atoms with Gasteiger partial charge in [0, 0.05) is 25.5 Å². The highest BCUT2D eigenvalue weighted by molar-refractivity contribution is 5.93. The van der Waals surface area contributed by atoms with Crippen molar-refractivity contribution < 1.29 is 9.59 Å². The molecule has 0 atom stereocenters. The van der Waals surface area contributed by atoms with Crippen LogP contribution in [0.15, 0.2) is 77.8 Å². The number of amides is 2. The van der Waals surface area contributed by atoms with Crippen LogP contribution in [0.3, 0.4) is 0 Å². The summed E-state index contributed by atoms with van der Waals surface area (Å²) in [7, 11) is 2.98. The van der Waals surface area contributed by atoms with Crippen molar-refractivity contribution >= 4 is 45.0 Å². The van der Waals surface area contributed by atoms with Gasteiger partial charge in [0.05, 0.1) is 0 Å². The number of carbonyl (C=O) groups is 1. The molecule has 4 rings (SSSR count). The van der Waals surface area contributed by atoms with E-state index in [1.807, 2.05) is 30.3 Å². The molecule has 2 amide bonds. The molecule has 0 saturated heterocycles. The average molecular weight is 429 g/mol. The second-order valence-corrected chi connectivity index (χ2v) is 7.19. The fourth-order valence-electron chi connectivity index (χ4n) is 3.02. The van der Waals surface area contributed by atoms with E-state index >= 15 is 0 Å². The molecule has 0 saturated carbocycles. The van der Waals surface area contributed by atoms with Crippen molar-refractivity contribution in [2.75, 3.05) is 25.1 Å². The van der Waals surface area contributed by atoms with Crippen LogP contribution in [0.4, 0.5) is 16.2 Å². The van der Waals surface area contributed by atoms with Gasteiger partial charge in [0.1, 0.15) is 0 Å². The van der Waals surface area contributed by atoms with Crippen molar-refractivity contribution in [3.8, 4) is 0 Å². The van der Waals surface area contributed by atoms with E-state index in [1.54, 1.807) is 7.05 Å². The van der Waals surface area contributed by atoms with Gasteiger partial charge in [-0.2, -0.15) is 0 Å². The van der Waals surface area contributed by atoms with Gasteiger partial charge in [-0.3, -0.25) is 0 Å². The third kappa shape index (κ3) is 7.27. The van der Waals surface area contributed by atoms with E-state index in [-0.39, 0.29) is 6.03 Å². The first-order valence-corrected chi connectivity index (χ1v) is 10.1. The zero-order chi connectivity index (χ0) is 23.5. The molecule has 164 valence electrons. The van der Waals surface area contributed by atoms with Gasteiger partial charge >= 0.3 is 6.03 Å². The Morgan fingerprint density at radius 2 is 1.28 bits per heavy atom. The van der Waals surface area contributed by atoms with Crippen molar-refractivity contribution in [3.05, 3.63) is 83.9 Å². The molecule has 0 spiro atoms. The van der Waals surface area contributed by atoms with Crippen LogP contribution in [0.5, 0.6) is 0 Å². The lowest BCUT2D eigenvalue weighted by Gasteiger charge is -2.06. The van der Waals surface area contributed by atoms with Crippen LogP contribution in [0.25, 0.3) is 21.5 Å². The van der Waals surface area contributed by atoms with E-state index in [0.29, 0.717) is 0 Å². The quantitative estimate of drug-likeness (QED) is 0.210. The number of hydrogen-bond acceptors (Lipinski definition) is 4. The van der Waals surface area contributed by atoms with Crippen molar-refractivity contribution in [3.63, 3.8) is 0 Å². The SMILES string of the molecule is CN=C=O.CNC(=O)Nc1ccc2cc(C)ccc2c1.Cc1ccc2cc(N)ccc2c1. The lowest BCUT2D eigenvalue weighted by Crippen LogP contribution is -2.24. The molecule has 0 unspecified atom stereocenters. The molecule has 0 aliphatic carbocycles. The van der Waals surface area contributed by atoms with Gasteiger partial charge in [-0.15, -0.1) is 0 Å². The van der Waals surface area contributed by atoms with Gasteiger partial charge < -0.3 is 16.4 Å². The van der Waals surface area contributed by atoms with Crippen molar-refractivity contribution in [1.29, 1.82) is 0 Å². The maximum absolute atomic E-state index is 11.1. The lowest BCUT2D eigenvalue weighted by molar-refractivity contribution is 0.254. The number of nitrogen functional groups attached to an aromatic ring is 1. The Labute approximate surface area is 188 Å². The molecule has 0 fully saturated rings. The van der Waals surface area contributed by atoms with Crippen molar-refractivity contribution in [2.24, 2.45) is 4.99 Å². The molecule has 32 heavy (non-hydrogen) atoms. The van der Waals surface area contributed by atoms with Crippen molar-refractivity contribution in [2.45, 2.75) is 13.8 Å². The summed E-state index contributed by atoms with van der Waals surface area (Å²) < 4.78 is 0. The zero-order valence-corrected chi connectivity index (χ0v) is 18.8. The number of aryl methyl sites for hydroxylation is 2. The number of carbonyl (C=O) groups excluding carboxylic acids is 2. The minimum atomic E-state index is -0.202. The number of aliphatic imine (C=N–C) groups is 1. The fraction of sp³-hybridized carbons (Fsp3) is 0.154. The van der Waals surface area contributed by atoms with Crippen LogP contribution in [0.1, 0.15) is 11.1 Å². The minimum absolute atomic E-state index is 0.202. The zero-order valence-electron chi connectivity index (χ0n) is 18.8. The summed E-state index contributed by atoms with van der Waals surface area (Å²) in [4.78, 5) is 23.0. The summed E-state index contributed by atoms with van der Waals surface area (Å²) in [6.07, 6.45) is 1.31. The highest BCUT2D eigenvalue weighted by atomic mass is 16.2. The minimum Gasteiger partial charge on any atom is -0.399 e. The number of anilines is 2. The number of nitrogens with zero attached hydrogens (tertiary/aromatic N) is 1. The predicted octanol–water partition coefficient (Wildman–Crippen LogP) is 5.58. The largest absolute Gasteiger partial charge is 0.399 e. The molecular weight excluding hydrogens is 400 g/mol. The van der Waals surface area contributed by atoms with E-state index in [9.17, 15) is 4.79 Å². The molecule has 6 heteroatoms. The summed E-state index contributed by atoms with van der Waals surface area (Å²) >= 11 is 0. The number of fused-ring (bicyclic) bond motifs is 2. The molecule has 6 nitrogen and oxygen atoms in total. The summed E-state index contributed by atoms with van der Waals surface area (Å²) in [5.41, 5.74) is 9.81. The van der Waals surface area contributed by atoms with E-state index in [4.69, 9.17) is 10.5 Å². The number of benzene rings is 4. The number of hydrogen-bond donors (Lipinski definition) is 3. The molecule has 0 bridgehead atoms. The number of rotatable bonds is 1. The first-order valence-electron chi connectivity index (χ1n) is 10.1. The highest BCUT2D eigenvalue weighted by Crippen LogP contribution is 2.20. The third-order valence-electron chi connectivity index (χ3n) is 4.59. The van der Waals surface area contributed by atoms with Gasteiger partial charge in [0.25, 0.3) is 0 Å². The molecule has 4 aromatic carbocycles. The highest BCUT2D eigenvalue weighted by Gasteiger charge is 2.00. The van der Waals surface area contributed by atoms with Crippen LogP contribution in [0, 0.1) is 13.8 Å². The summed E-state index contributed by atoms with van der Waals surface area (Å²) in [6, 6.07) is 24.2. The van der Waals surface area contributed by atoms with E-state index < -0.39 is 0 Å². The molecule has 0 aromatic heterocycles. The van der Waals surface area contributed by atoms with Gasteiger partial charge in [-0.25, -0.2) is 14.6 Å². The first-order chi connectivity index (χ1) is 15.4. The van der Waals surface area contributed by atoms with Crippen LogP contribution < -0.4 is 16.4 Å². The normalized spacial score (nSPS) is 9.50.